The third kappa shape index (κ3) is 2.78. The predicted molar refractivity (Wildman–Crippen MR) is 81.6 cm³/mol. The number of ketones is 1. The van der Waals surface area contributed by atoms with Crippen molar-refractivity contribution in [1.29, 1.82) is 0 Å². The first kappa shape index (κ1) is 14.8. The molecular weight excluding hydrogens is 264 g/mol. The highest BCUT2D eigenvalue weighted by Gasteiger charge is 2.38. The van der Waals surface area contributed by atoms with Crippen LogP contribution in [0.2, 0.25) is 0 Å². The number of carbonyl (C=O) groups excluding carboxylic acids is 1. The summed E-state index contributed by atoms with van der Waals surface area (Å²) in [5.41, 5.74) is 2.99. The van der Waals surface area contributed by atoms with Gasteiger partial charge in [-0.25, -0.2) is 0 Å². The minimum atomic E-state index is 0.00115. The van der Waals surface area contributed by atoms with Crippen molar-refractivity contribution in [2.75, 3.05) is 6.61 Å². The highest BCUT2D eigenvalue weighted by molar-refractivity contribution is 6.00. The zero-order valence-electron chi connectivity index (χ0n) is 13.2. The molecule has 0 amide bonds. The Morgan fingerprint density at radius 2 is 1.95 bits per heavy atom. The zero-order valence-corrected chi connectivity index (χ0v) is 13.2. The van der Waals surface area contributed by atoms with Crippen LogP contribution in [0.25, 0.3) is 0 Å². The van der Waals surface area contributed by atoms with Crippen molar-refractivity contribution in [3.8, 4) is 0 Å². The second-order valence-electron chi connectivity index (χ2n) is 7.43. The van der Waals surface area contributed by atoms with Gasteiger partial charge in [0.2, 0.25) is 0 Å². The van der Waals surface area contributed by atoms with Crippen molar-refractivity contribution in [3.05, 3.63) is 17.0 Å². The maximum absolute atomic E-state index is 12.7. The topological polar surface area (TPSA) is 55.1 Å². The van der Waals surface area contributed by atoms with Gasteiger partial charge in [0.1, 0.15) is 0 Å². The van der Waals surface area contributed by atoms with E-state index in [4.69, 9.17) is 5.10 Å². The molecule has 0 radical (unpaired) electrons. The second kappa shape index (κ2) is 5.56. The third-order valence-electron chi connectivity index (χ3n) is 4.95. The van der Waals surface area contributed by atoms with Gasteiger partial charge in [-0.05, 0) is 24.7 Å². The summed E-state index contributed by atoms with van der Waals surface area (Å²) in [4.78, 5) is 12.7. The van der Waals surface area contributed by atoms with Gasteiger partial charge in [-0.3, -0.25) is 9.48 Å². The Morgan fingerprint density at radius 1 is 1.24 bits per heavy atom. The van der Waals surface area contributed by atoms with E-state index in [1.54, 1.807) is 0 Å². The van der Waals surface area contributed by atoms with Gasteiger partial charge in [0.15, 0.2) is 5.78 Å². The zero-order chi connectivity index (χ0) is 15.0. The molecule has 0 atom stereocenters. The summed E-state index contributed by atoms with van der Waals surface area (Å²) in [6, 6.07) is 0. The van der Waals surface area contributed by atoms with E-state index in [9.17, 15) is 9.90 Å². The first-order chi connectivity index (χ1) is 10.0. The lowest BCUT2D eigenvalue weighted by Crippen LogP contribution is -2.29. The minimum absolute atomic E-state index is 0.00115. The van der Waals surface area contributed by atoms with Crippen molar-refractivity contribution in [2.24, 2.45) is 5.41 Å². The first-order valence-electron chi connectivity index (χ1n) is 8.25. The summed E-state index contributed by atoms with van der Waals surface area (Å²) in [6.07, 6.45) is 7.59. The standard InChI is InChI=1S/C17H26N2O2/c1-17(2)10-13-15(14(21)11-17)16(18-19(13)8-9-20)12-6-4-3-5-7-12/h12,20H,3-11H2,1-2H3. The van der Waals surface area contributed by atoms with E-state index in [0.717, 1.165) is 36.2 Å². The molecule has 1 aromatic heterocycles. The van der Waals surface area contributed by atoms with Crippen LogP contribution in [0, 0.1) is 5.41 Å². The van der Waals surface area contributed by atoms with Crippen LogP contribution < -0.4 is 0 Å². The largest absolute Gasteiger partial charge is 0.394 e. The normalized spacial score (nSPS) is 22.3. The Hall–Kier alpha value is -1.16. The molecule has 1 heterocycles. The maximum atomic E-state index is 12.7. The van der Waals surface area contributed by atoms with E-state index in [2.05, 4.69) is 13.8 Å². The third-order valence-corrected chi connectivity index (χ3v) is 4.95. The molecule has 0 unspecified atom stereocenters. The monoisotopic (exact) mass is 290 g/mol. The molecule has 0 aliphatic heterocycles. The van der Waals surface area contributed by atoms with Gasteiger partial charge in [-0.2, -0.15) is 5.10 Å². The van der Waals surface area contributed by atoms with Crippen LogP contribution in [-0.4, -0.2) is 27.3 Å². The van der Waals surface area contributed by atoms with Gasteiger partial charge >= 0.3 is 0 Å². The lowest BCUT2D eigenvalue weighted by Gasteiger charge is -2.30. The van der Waals surface area contributed by atoms with Crippen molar-refractivity contribution in [3.63, 3.8) is 0 Å². The average Bonchev–Trinajstić information content (AvgIpc) is 2.78. The van der Waals surface area contributed by atoms with Gasteiger partial charge < -0.3 is 5.11 Å². The lowest BCUT2D eigenvalue weighted by atomic mass is 9.74. The number of carbonyl (C=O) groups is 1. The summed E-state index contributed by atoms with van der Waals surface area (Å²) >= 11 is 0. The van der Waals surface area contributed by atoms with Crippen LogP contribution in [0.4, 0.5) is 0 Å². The van der Waals surface area contributed by atoms with Crippen LogP contribution in [0.15, 0.2) is 0 Å². The van der Waals surface area contributed by atoms with Crippen LogP contribution in [-0.2, 0) is 13.0 Å². The Balaban J connectivity index is 2.03. The van der Waals surface area contributed by atoms with E-state index < -0.39 is 0 Å². The molecule has 21 heavy (non-hydrogen) atoms. The highest BCUT2D eigenvalue weighted by atomic mass is 16.3. The fourth-order valence-corrected chi connectivity index (χ4v) is 3.98. The van der Waals surface area contributed by atoms with Crippen molar-refractivity contribution in [1.82, 2.24) is 9.78 Å². The van der Waals surface area contributed by atoms with Crippen LogP contribution in [0.5, 0.6) is 0 Å². The number of Topliss-reactive ketones (excluding diaryl/α,β-unsaturated/α-hetero) is 1. The number of aliphatic hydroxyl groups excluding tert-OH is 1. The summed E-state index contributed by atoms with van der Waals surface area (Å²) < 4.78 is 1.90. The Morgan fingerprint density at radius 3 is 2.62 bits per heavy atom. The molecule has 0 aromatic carbocycles. The van der Waals surface area contributed by atoms with Gasteiger partial charge in [-0.1, -0.05) is 33.1 Å². The average molecular weight is 290 g/mol. The molecule has 4 heteroatoms. The lowest BCUT2D eigenvalue weighted by molar-refractivity contribution is 0.0907. The van der Waals surface area contributed by atoms with Gasteiger partial charge in [0.05, 0.1) is 30.1 Å². The Bertz CT molecular complexity index is 539. The van der Waals surface area contributed by atoms with Crippen LogP contribution >= 0.6 is 0 Å². The molecule has 0 spiro atoms. The molecule has 3 rings (SSSR count). The number of aromatic nitrogens is 2. The molecule has 2 aliphatic rings. The second-order valence-corrected chi connectivity index (χ2v) is 7.43. The molecule has 116 valence electrons. The molecule has 2 aliphatic carbocycles. The summed E-state index contributed by atoms with van der Waals surface area (Å²) in [6.45, 7) is 4.86. The van der Waals surface area contributed by atoms with E-state index in [0.29, 0.717) is 18.9 Å². The van der Waals surface area contributed by atoms with E-state index in [-0.39, 0.29) is 17.8 Å². The quantitative estimate of drug-likeness (QED) is 0.930. The highest BCUT2D eigenvalue weighted by Crippen LogP contribution is 2.41. The fraction of sp³-hybridized carbons (Fsp3) is 0.765. The first-order valence-corrected chi connectivity index (χ1v) is 8.25. The van der Waals surface area contributed by atoms with Gasteiger partial charge in [0, 0.05) is 12.3 Å². The maximum Gasteiger partial charge on any atom is 0.167 e. The number of nitrogens with zero attached hydrogens (tertiary/aromatic N) is 2. The number of hydrogen-bond acceptors (Lipinski definition) is 3. The van der Waals surface area contributed by atoms with Gasteiger partial charge in [0.25, 0.3) is 0 Å². The van der Waals surface area contributed by atoms with Gasteiger partial charge in [-0.15, -0.1) is 0 Å². The van der Waals surface area contributed by atoms with Crippen molar-refractivity contribution in [2.45, 2.75) is 71.3 Å². The molecular formula is C17H26N2O2. The fourth-order valence-electron chi connectivity index (χ4n) is 3.98. The summed E-state index contributed by atoms with van der Waals surface area (Å²) in [7, 11) is 0. The Labute approximate surface area is 126 Å². The molecule has 1 aromatic rings. The summed E-state index contributed by atoms with van der Waals surface area (Å²) in [5.74, 6) is 0.698. The number of hydrogen-bond donors (Lipinski definition) is 1. The molecule has 1 saturated carbocycles. The minimum Gasteiger partial charge on any atom is -0.394 e. The predicted octanol–water partition coefficient (Wildman–Crippen LogP) is 3.08. The van der Waals surface area contributed by atoms with E-state index in [1.165, 1.54) is 19.3 Å². The number of aliphatic hydroxyl groups is 1. The molecule has 4 nitrogen and oxygen atoms in total. The molecule has 1 fully saturated rings. The summed E-state index contributed by atoms with van der Waals surface area (Å²) in [5, 5.41) is 14.0. The van der Waals surface area contributed by atoms with Crippen LogP contribution in [0.3, 0.4) is 0 Å². The molecule has 0 bridgehead atoms. The Kier molecular flexibility index (Phi) is 3.91. The van der Waals surface area contributed by atoms with Crippen LogP contribution in [0.1, 0.15) is 80.0 Å². The number of rotatable bonds is 3. The molecule has 1 N–H and O–H groups in total. The number of fused-ring (bicyclic) bond motifs is 1. The van der Waals surface area contributed by atoms with E-state index >= 15 is 0 Å². The SMILES string of the molecule is CC1(C)CC(=O)c2c(C3CCCCC3)nn(CCO)c2C1. The van der Waals surface area contributed by atoms with E-state index in [1.807, 2.05) is 4.68 Å². The van der Waals surface area contributed by atoms with Crippen molar-refractivity contribution >= 4 is 5.78 Å². The smallest absolute Gasteiger partial charge is 0.167 e. The molecule has 0 saturated heterocycles. The van der Waals surface area contributed by atoms with Crippen molar-refractivity contribution < 1.29 is 9.90 Å².